The van der Waals surface area contributed by atoms with Gasteiger partial charge in [0.1, 0.15) is 6.20 Å². The van der Waals surface area contributed by atoms with Crippen molar-refractivity contribution in [3.63, 3.8) is 0 Å². The van der Waals surface area contributed by atoms with Gasteiger partial charge in [-0.15, -0.1) is 10.2 Å². The van der Waals surface area contributed by atoms with Gasteiger partial charge in [-0.1, -0.05) is 0 Å². The van der Waals surface area contributed by atoms with Crippen molar-refractivity contribution < 1.29 is 9.84 Å². The lowest BCUT2D eigenvalue weighted by atomic mass is 10.2. The monoisotopic (exact) mass is 261 g/mol. The molecule has 2 rings (SSSR count). The zero-order valence-corrected chi connectivity index (χ0v) is 9.99. The van der Waals surface area contributed by atoms with Gasteiger partial charge in [0.05, 0.1) is 13.3 Å². The molecule has 1 aromatic carbocycles. The maximum absolute atomic E-state index is 11.0. The smallest absolute Gasteiger partial charge is 0.271 e. The molecular formula is C11H11N5O3. The summed E-state index contributed by atoms with van der Waals surface area (Å²) in [5.74, 6) is 0.525. The Morgan fingerprint density at radius 1 is 1.53 bits per heavy atom. The molecule has 0 unspecified atom stereocenters. The third-order valence-electron chi connectivity index (χ3n) is 2.16. The quantitative estimate of drug-likeness (QED) is 0.540. The number of hydrogen-bond donors (Lipinski definition) is 3. The number of nitrogens with zero attached hydrogens (tertiary/aromatic N) is 3. The molecule has 1 aromatic heterocycles. The van der Waals surface area contributed by atoms with E-state index < -0.39 is 0 Å². The maximum atomic E-state index is 11.0. The van der Waals surface area contributed by atoms with Crippen LogP contribution in [-0.2, 0) is 0 Å². The van der Waals surface area contributed by atoms with Crippen LogP contribution in [0.5, 0.6) is 11.5 Å². The highest BCUT2D eigenvalue weighted by Crippen LogP contribution is 2.25. The number of phenolic OH excluding ortho intramolecular Hbond substituents is 1. The van der Waals surface area contributed by atoms with E-state index in [0.717, 1.165) is 6.20 Å². The zero-order chi connectivity index (χ0) is 13.7. The van der Waals surface area contributed by atoms with Crippen LogP contribution in [0.1, 0.15) is 5.56 Å². The minimum atomic E-state index is -0.376. The number of nitrogens with one attached hydrogen (secondary N) is 2. The molecule has 8 heteroatoms. The van der Waals surface area contributed by atoms with Crippen LogP contribution < -0.4 is 15.7 Å². The van der Waals surface area contributed by atoms with E-state index in [1.165, 1.54) is 19.4 Å². The Balaban J connectivity index is 2.09. The lowest BCUT2D eigenvalue weighted by molar-refractivity contribution is 0.373. The van der Waals surface area contributed by atoms with E-state index in [1.54, 1.807) is 12.1 Å². The molecule has 2 aromatic rings. The van der Waals surface area contributed by atoms with Gasteiger partial charge in [-0.05, 0) is 23.8 Å². The Morgan fingerprint density at radius 2 is 2.37 bits per heavy atom. The van der Waals surface area contributed by atoms with Gasteiger partial charge in [0.2, 0.25) is 5.95 Å². The molecule has 3 N–H and O–H groups in total. The molecule has 0 amide bonds. The summed E-state index contributed by atoms with van der Waals surface area (Å²) in [6.07, 6.45) is 2.54. The second kappa shape index (κ2) is 5.63. The average Bonchev–Trinajstić information content (AvgIpc) is 2.41. The SMILES string of the molecule is COc1cc(C=NNc2nncc(=O)[nH]2)ccc1O. The molecule has 8 nitrogen and oxygen atoms in total. The molecule has 1 heterocycles. The summed E-state index contributed by atoms with van der Waals surface area (Å²) in [4.78, 5) is 13.4. The van der Waals surface area contributed by atoms with Crippen LogP contribution in [0.4, 0.5) is 5.95 Å². The first-order valence-electron chi connectivity index (χ1n) is 5.27. The zero-order valence-electron chi connectivity index (χ0n) is 9.99. The fourth-order valence-corrected chi connectivity index (χ4v) is 1.31. The van der Waals surface area contributed by atoms with Crippen LogP contribution in [-0.4, -0.2) is 33.6 Å². The van der Waals surface area contributed by atoms with E-state index in [1.807, 2.05) is 0 Å². The van der Waals surface area contributed by atoms with Gasteiger partial charge in [-0.3, -0.25) is 9.78 Å². The summed E-state index contributed by atoms with van der Waals surface area (Å²) in [7, 11) is 1.46. The van der Waals surface area contributed by atoms with E-state index in [9.17, 15) is 9.90 Å². The second-order valence-corrected chi connectivity index (χ2v) is 3.48. The van der Waals surface area contributed by atoms with Crippen LogP contribution in [0.15, 0.2) is 34.3 Å². The molecule has 0 spiro atoms. The Kier molecular flexibility index (Phi) is 3.72. The Bertz CT molecular complexity index is 653. The van der Waals surface area contributed by atoms with Crippen LogP contribution in [0.3, 0.4) is 0 Å². The fraction of sp³-hybridized carbons (Fsp3) is 0.0909. The van der Waals surface area contributed by atoms with E-state index in [-0.39, 0.29) is 17.3 Å². The van der Waals surface area contributed by atoms with Gasteiger partial charge in [0, 0.05) is 0 Å². The molecular weight excluding hydrogens is 250 g/mol. The molecule has 0 aliphatic rings. The molecule has 0 saturated carbocycles. The van der Waals surface area contributed by atoms with Crippen LogP contribution >= 0.6 is 0 Å². The summed E-state index contributed by atoms with van der Waals surface area (Å²) in [6, 6.07) is 4.76. The van der Waals surface area contributed by atoms with Gasteiger partial charge in [0.25, 0.3) is 5.56 Å². The Hall–Kier alpha value is -2.90. The molecule has 0 atom stereocenters. The first-order chi connectivity index (χ1) is 9.19. The lowest BCUT2D eigenvalue weighted by Crippen LogP contribution is -2.10. The number of methoxy groups -OCH3 is 1. The van der Waals surface area contributed by atoms with Crippen molar-refractivity contribution >= 4 is 12.2 Å². The standard InChI is InChI=1S/C11H11N5O3/c1-19-9-4-7(2-3-8(9)17)5-12-15-11-14-10(18)6-13-16-11/h2-6,17H,1H3,(H2,14,15,16,18). The molecule has 0 aliphatic carbocycles. The first-order valence-corrected chi connectivity index (χ1v) is 5.27. The van der Waals surface area contributed by atoms with E-state index >= 15 is 0 Å². The fourth-order valence-electron chi connectivity index (χ4n) is 1.31. The maximum Gasteiger partial charge on any atom is 0.271 e. The largest absolute Gasteiger partial charge is 0.504 e. The number of benzene rings is 1. The highest BCUT2D eigenvalue weighted by Gasteiger charge is 2.00. The van der Waals surface area contributed by atoms with Gasteiger partial charge in [0.15, 0.2) is 11.5 Å². The van der Waals surface area contributed by atoms with E-state index in [0.29, 0.717) is 11.3 Å². The van der Waals surface area contributed by atoms with Crippen LogP contribution in [0.25, 0.3) is 0 Å². The van der Waals surface area contributed by atoms with Crippen molar-refractivity contribution in [3.05, 3.63) is 40.3 Å². The summed E-state index contributed by atoms with van der Waals surface area (Å²) >= 11 is 0. The van der Waals surface area contributed by atoms with Crippen LogP contribution in [0, 0.1) is 0 Å². The summed E-state index contributed by atoms with van der Waals surface area (Å²) < 4.78 is 4.96. The van der Waals surface area contributed by atoms with E-state index in [2.05, 4.69) is 25.7 Å². The molecule has 98 valence electrons. The van der Waals surface area contributed by atoms with E-state index in [4.69, 9.17) is 4.74 Å². The highest BCUT2D eigenvalue weighted by atomic mass is 16.5. The third-order valence-corrected chi connectivity index (χ3v) is 2.16. The number of aromatic hydroxyl groups is 1. The van der Waals surface area contributed by atoms with Crippen molar-refractivity contribution in [3.8, 4) is 11.5 Å². The Morgan fingerprint density at radius 3 is 3.11 bits per heavy atom. The second-order valence-electron chi connectivity index (χ2n) is 3.48. The molecule has 0 saturated heterocycles. The van der Waals surface area contributed by atoms with Crippen molar-refractivity contribution in [1.82, 2.24) is 15.2 Å². The number of hydrazone groups is 1. The number of rotatable bonds is 4. The number of H-pyrrole nitrogens is 1. The van der Waals surface area contributed by atoms with Gasteiger partial charge < -0.3 is 9.84 Å². The topological polar surface area (TPSA) is 112 Å². The molecule has 0 fully saturated rings. The number of anilines is 1. The predicted molar refractivity (Wildman–Crippen MR) is 68.5 cm³/mol. The number of ether oxygens (including phenoxy) is 1. The van der Waals surface area contributed by atoms with Crippen LogP contribution in [0.2, 0.25) is 0 Å². The number of aromatic amines is 1. The summed E-state index contributed by atoms with van der Waals surface area (Å²) in [5.41, 5.74) is 2.85. The van der Waals surface area contributed by atoms with Crippen molar-refractivity contribution in [2.75, 3.05) is 12.5 Å². The molecule has 0 radical (unpaired) electrons. The number of hydrogen-bond acceptors (Lipinski definition) is 7. The number of aromatic nitrogens is 3. The molecule has 0 bridgehead atoms. The van der Waals surface area contributed by atoms with Crippen molar-refractivity contribution in [2.45, 2.75) is 0 Å². The minimum Gasteiger partial charge on any atom is -0.504 e. The highest BCUT2D eigenvalue weighted by molar-refractivity contribution is 5.81. The minimum absolute atomic E-state index is 0.0471. The summed E-state index contributed by atoms with van der Waals surface area (Å²) in [5, 5.41) is 20.4. The van der Waals surface area contributed by atoms with Gasteiger partial charge in [-0.25, -0.2) is 5.43 Å². The summed E-state index contributed by atoms with van der Waals surface area (Å²) in [6.45, 7) is 0. The average molecular weight is 261 g/mol. The first kappa shape index (κ1) is 12.6. The van der Waals surface area contributed by atoms with Gasteiger partial charge in [-0.2, -0.15) is 5.10 Å². The Labute approximate surface area is 107 Å². The molecule has 0 aliphatic heterocycles. The number of phenols is 1. The third kappa shape index (κ3) is 3.28. The normalized spacial score (nSPS) is 10.6. The lowest BCUT2D eigenvalue weighted by Gasteiger charge is -2.03. The van der Waals surface area contributed by atoms with Crippen molar-refractivity contribution in [2.24, 2.45) is 5.10 Å². The molecule has 19 heavy (non-hydrogen) atoms. The predicted octanol–water partition coefficient (Wildman–Crippen LogP) is 0.325. The van der Waals surface area contributed by atoms with Gasteiger partial charge >= 0.3 is 0 Å². The van der Waals surface area contributed by atoms with Crippen molar-refractivity contribution in [1.29, 1.82) is 0 Å².